The standard InChI is InChI=1S/C52H76N2O8S/c1-5-7-8-9-10-11-12-13-14-23-48(57)54(3)47-37-45(53-62-49-24-17-20-34-58-49)43-35-38(21-15-18-31-55)42(22-16-19-32-56)50-44-36-40(60-39-25-28-41(63-4)29-26-39)27-30-46(44)61-52(47,51(43)50)59-33-6-2/h6,25-30,35-36,38,42,47,49-51,55-56H,2,5,7-24,31-34,37H2,1,3-4H3/t38-,42+,47-,49?,50+,51+,52+/m0/s1. The second kappa shape index (κ2) is 25.4. The van der Waals surface area contributed by atoms with Gasteiger partial charge < -0.3 is 38.9 Å². The lowest BCUT2D eigenvalue weighted by Crippen LogP contribution is -2.69. The Morgan fingerprint density at radius 2 is 1.65 bits per heavy atom. The molecule has 2 aromatic rings. The van der Waals surface area contributed by atoms with Gasteiger partial charge in [-0.1, -0.05) is 88.4 Å². The van der Waals surface area contributed by atoms with Gasteiger partial charge in [-0.05, 0) is 111 Å². The molecule has 0 spiro atoms. The van der Waals surface area contributed by atoms with Crippen molar-refractivity contribution in [1.82, 2.24) is 4.90 Å². The van der Waals surface area contributed by atoms with Crippen molar-refractivity contribution in [3.63, 3.8) is 0 Å². The van der Waals surface area contributed by atoms with Crippen LogP contribution in [0.15, 0.2) is 76.8 Å². The Balaban J connectivity index is 1.43. The van der Waals surface area contributed by atoms with Crippen molar-refractivity contribution in [2.45, 2.75) is 164 Å². The van der Waals surface area contributed by atoms with Gasteiger partial charge in [0.05, 0.1) is 24.8 Å². The zero-order valence-corrected chi connectivity index (χ0v) is 39.3. The molecule has 2 aliphatic carbocycles. The van der Waals surface area contributed by atoms with Crippen LogP contribution in [0.5, 0.6) is 17.2 Å². The van der Waals surface area contributed by atoms with Crippen molar-refractivity contribution >= 4 is 23.4 Å². The number of amides is 1. The van der Waals surface area contributed by atoms with Crippen LogP contribution >= 0.6 is 11.8 Å². The molecule has 1 saturated carbocycles. The summed E-state index contributed by atoms with van der Waals surface area (Å²) in [5.41, 5.74) is 2.84. The van der Waals surface area contributed by atoms with E-state index in [0.29, 0.717) is 43.8 Å². The van der Waals surface area contributed by atoms with Crippen molar-refractivity contribution < 1.29 is 38.8 Å². The highest BCUT2D eigenvalue weighted by molar-refractivity contribution is 7.98. The van der Waals surface area contributed by atoms with E-state index < -0.39 is 18.1 Å². The van der Waals surface area contributed by atoms with Crippen molar-refractivity contribution in [3.8, 4) is 17.2 Å². The number of likely N-dealkylation sites (N-methyl/N-ethyl adjacent to an activating group) is 1. The van der Waals surface area contributed by atoms with E-state index >= 15 is 0 Å². The zero-order valence-electron chi connectivity index (χ0n) is 38.5. The van der Waals surface area contributed by atoms with E-state index in [1.165, 1.54) is 38.5 Å². The van der Waals surface area contributed by atoms with E-state index in [2.05, 4.69) is 44.0 Å². The van der Waals surface area contributed by atoms with Crippen LogP contribution in [0.25, 0.3) is 0 Å². The van der Waals surface area contributed by atoms with Gasteiger partial charge in [0.2, 0.25) is 18.0 Å². The van der Waals surface area contributed by atoms with Gasteiger partial charge in [0.1, 0.15) is 23.3 Å². The SMILES string of the molecule is C=CCO[C@@]12Oc3ccc(Oc4ccc(SC)cc4)cc3[C@H]3[C@H](CCCCO)[C@@H](CCCCO)C=C(C(=NOC4CCCCO4)C[C@@H]1N(C)C(=O)CCCCCCCCCCC)[C@H]32. The summed E-state index contributed by atoms with van der Waals surface area (Å²) in [5.74, 6) is 0.726. The highest BCUT2D eigenvalue weighted by Gasteiger charge is 2.65. The van der Waals surface area contributed by atoms with Gasteiger partial charge in [0.15, 0.2) is 0 Å². The van der Waals surface area contributed by atoms with Crippen molar-refractivity contribution in [3.05, 3.63) is 72.3 Å². The van der Waals surface area contributed by atoms with Crippen LogP contribution in [-0.2, 0) is 19.1 Å². The highest BCUT2D eigenvalue weighted by atomic mass is 32.2. The molecule has 0 bridgehead atoms. The Morgan fingerprint density at radius 3 is 2.33 bits per heavy atom. The molecule has 63 heavy (non-hydrogen) atoms. The Morgan fingerprint density at radius 1 is 0.937 bits per heavy atom. The molecule has 6 rings (SSSR count). The number of aliphatic hydroxyl groups is 2. The number of benzene rings is 2. The zero-order chi connectivity index (χ0) is 44.4. The normalized spacial score (nSPS) is 25.7. The van der Waals surface area contributed by atoms with E-state index in [9.17, 15) is 15.0 Å². The van der Waals surface area contributed by atoms with Gasteiger partial charge in [-0.25, -0.2) is 0 Å². The topological polar surface area (TPSA) is 119 Å². The first-order chi connectivity index (χ1) is 30.9. The number of aliphatic hydroxyl groups excluding tert-OH is 2. The van der Waals surface area contributed by atoms with Crippen LogP contribution in [0.2, 0.25) is 0 Å². The Bertz CT molecular complexity index is 1780. The number of allylic oxidation sites excluding steroid dienone is 1. The number of ether oxygens (including phenoxy) is 4. The molecule has 2 aliphatic heterocycles. The number of carbonyl (C=O) groups is 1. The first kappa shape index (κ1) is 49.1. The third-order valence-corrected chi connectivity index (χ3v) is 14.5. The maximum atomic E-state index is 14.5. The lowest BCUT2D eigenvalue weighted by atomic mass is 9.55. The summed E-state index contributed by atoms with van der Waals surface area (Å²) in [6, 6.07) is 13.7. The third-order valence-electron chi connectivity index (χ3n) is 13.7. The lowest BCUT2D eigenvalue weighted by molar-refractivity contribution is -0.256. The molecule has 7 atom stereocenters. The molecule has 4 aliphatic rings. The maximum Gasteiger partial charge on any atom is 0.239 e. The highest BCUT2D eigenvalue weighted by Crippen LogP contribution is 2.62. The molecule has 1 amide bonds. The fourth-order valence-electron chi connectivity index (χ4n) is 10.4. The molecular formula is C52H76N2O8S. The van der Waals surface area contributed by atoms with Crippen molar-refractivity contribution in [2.75, 3.05) is 39.7 Å². The maximum absolute atomic E-state index is 14.5. The predicted octanol–water partition coefficient (Wildman–Crippen LogP) is 11.7. The second-order valence-electron chi connectivity index (χ2n) is 18.0. The molecule has 1 saturated heterocycles. The Hall–Kier alpha value is -3.35. The molecule has 0 radical (unpaired) electrons. The molecule has 2 fully saturated rings. The summed E-state index contributed by atoms with van der Waals surface area (Å²) in [7, 11) is 1.91. The van der Waals surface area contributed by atoms with Crippen LogP contribution in [0, 0.1) is 17.8 Å². The lowest BCUT2D eigenvalue weighted by Gasteiger charge is -2.59. The van der Waals surface area contributed by atoms with Crippen LogP contribution in [-0.4, -0.2) is 84.6 Å². The summed E-state index contributed by atoms with van der Waals surface area (Å²) in [6.07, 6.45) is 24.9. The van der Waals surface area contributed by atoms with E-state index in [1.807, 2.05) is 36.2 Å². The number of hydrogen-bond donors (Lipinski definition) is 2. The molecule has 1 unspecified atom stereocenters. The van der Waals surface area contributed by atoms with Crippen LogP contribution in [0.4, 0.5) is 0 Å². The summed E-state index contributed by atoms with van der Waals surface area (Å²) in [6.45, 7) is 7.45. The van der Waals surface area contributed by atoms with Gasteiger partial charge in [-0.15, -0.1) is 18.3 Å². The van der Waals surface area contributed by atoms with E-state index in [1.54, 1.807) is 17.8 Å². The largest absolute Gasteiger partial charge is 0.459 e. The van der Waals surface area contributed by atoms with Gasteiger partial charge in [-0.2, -0.15) is 0 Å². The summed E-state index contributed by atoms with van der Waals surface area (Å²) in [5, 5.41) is 24.9. The van der Waals surface area contributed by atoms with Crippen LogP contribution in [0.1, 0.15) is 147 Å². The molecule has 11 heteroatoms. The molecule has 348 valence electrons. The van der Waals surface area contributed by atoms with Crippen LogP contribution in [0.3, 0.4) is 0 Å². The summed E-state index contributed by atoms with van der Waals surface area (Å²) >= 11 is 1.69. The molecular weight excluding hydrogens is 813 g/mol. The Kier molecular flexibility index (Phi) is 19.8. The summed E-state index contributed by atoms with van der Waals surface area (Å²) in [4.78, 5) is 23.8. The van der Waals surface area contributed by atoms with Gasteiger partial charge in [-0.3, -0.25) is 4.79 Å². The number of hydrogen-bond acceptors (Lipinski definition) is 10. The van der Waals surface area contributed by atoms with Gasteiger partial charge >= 0.3 is 0 Å². The molecule has 10 nitrogen and oxygen atoms in total. The number of oxime groups is 1. The Labute approximate surface area is 382 Å². The minimum Gasteiger partial charge on any atom is -0.459 e. The number of thioether (sulfide) groups is 1. The number of rotatable bonds is 27. The monoisotopic (exact) mass is 889 g/mol. The first-order valence-corrected chi connectivity index (χ1v) is 25.5. The average molecular weight is 889 g/mol. The molecule has 2 N–H and O–H groups in total. The molecule has 0 aromatic heterocycles. The third kappa shape index (κ3) is 12.7. The second-order valence-corrected chi connectivity index (χ2v) is 18.9. The minimum atomic E-state index is -1.28. The van der Waals surface area contributed by atoms with E-state index in [0.717, 1.165) is 91.7 Å². The fourth-order valence-corrected chi connectivity index (χ4v) is 10.8. The average Bonchev–Trinajstić information content (AvgIpc) is 3.31. The quantitative estimate of drug-likeness (QED) is 0.0391. The first-order valence-electron chi connectivity index (χ1n) is 24.3. The van der Waals surface area contributed by atoms with E-state index in [-0.39, 0.29) is 49.4 Å². The number of fused-ring (bicyclic) bond motifs is 2. The fraction of sp³-hybridized carbons (Fsp3) is 0.654. The molecule has 2 heterocycles. The van der Waals surface area contributed by atoms with Crippen molar-refractivity contribution in [2.24, 2.45) is 22.9 Å². The predicted molar refractivity (Wildman–Crippen MR) is 253 cm³/mol. The smallest absolute Gasteiger partial charge is 0.239 e. The number of carbonyl (C=O) groups excluding carboxylic acids is 1. The number of unbranched alkanes of at least 4 members (excludes halogenated alkanes) is 10. The van der Waals surface area contributed by atoms with Crippen molar-refractivity contribution in [1.29, 1.82) is 0 Å². The van der Waals surface area contributed by atoms with Gasteiger partial charge in [0, 0.05) is 55.9 Å². The summed E-state index contributed by atoms with van der Waals surface area (Å²) < 4.78 is 27.0. The van der Waals surface area contributed by atoms with Crippen LogP contribution < -0.4 is 9.47 Å². The minimum absolute atomic E-state index is 0.0622. The van der Waals surface area contributed by atoms with E-state index in [4.69, 9.17) is 28.9 Å². The number of nitrogens with zero attached hydrogens (tertiary/aromatic N) is 2. The molecule has 2 aromatic carbocycles. The van der Waals surface area contributed by atoms with Gasteiger partial charge in [0.25, 0.3) is 0 Å².